The number of anilines is 1. The summed E-state index contributed by atoms with van der Waals surface area (Å²) in [6.07, 6.45) is 1.05. The van der Waals surface area contributed by atoms with E-state index in [0.717, 1.165) is 13.0 Å². The summed E-state index contributed by atoms with van der Waals surface area (Å²) in [5, 5.41) is 13.5. The topological polar surface area (TPSA) is 83.3 Å². The molecule has 0 unspecified atom stereocenters. The molecule has 7 heteroatoms. The average Bonchev–Trinajstić information content (AvgIpc) is 2.78. The third kappa shape index (κ3) is 4.39. The van der Waals surface area contributed by atoms with Crippen LogP contribution in [-0.4, -0.2) is 43.3 Å². The summed E-state index contributed by atoms with van der Waals surface area (Å²) in [6, 6.07) is 0.349. The Morgan fingerprint density at radius 1 is 1.47 bits per heavy atom. The molecule has 96 valence electrons. The van der Waals surface area contributed by atoms with E-state index in [0.29, 0.717) is 18.5 Å². The molecule has 7 nitrogen and oxygen atoms in total. The highest BCUT2D eigenvalue weighted by molar-refractivity contribution is 5.80. The number of likely N-dealkylation sites (N-methyl/N-ethyl adjacent to an activating group) is 2. The van der Waals surface area contributed by atoms with Gasteiger partial charge in [-0.15, -0.1) is 5.10 Å². The lowest BCUT2D eigenvalue weighted by Gasteiger charge is -2.11. The van der Waals surface area contributed by atoms with Crippen molar-refractivity contribution in [2.45, 2.75) is 19.9 Å². The molecule has 1 rings (SSSR count). The molecule has 0 aliphatic heterocycles. The van der Waals surface area contributed by atoms with Gasteiger partial charge in [0.05, 0.1) is 6.54 Å². The predicted octanol–water partition coefficient (Wildman–Crippen LogP) is -0.249. The summed E-state index contributed by atoms with van der Waals surface area (Å²) in [6.45, 7) is 3.74. The minimum Gasteiger partial charge on any atom is -0.407 e. The first kappa shape index (κ1) is 13.4. The molecule has 0 atom stereocenters. The van der Waals surface area contributed by atoms with E-state index in [4.69, 9.17) is 4.42 Å². The van der Waals surface area contributed by atoms with Crippen molar-refractivity contribution in [2.24, 2.45) is 0 Å². The number of carbonyl (C=O) groups excluding carboxylic acids is 1. The fourth-order valence-electron chi connectivity index (χ4n) is 1.20. The number of hydrogen-bond donors (Lipinski definition) is 2. The first-order valence-corrected chi connectivity index (χ1v) is 5.62. The predicted molar refractivity (Wildman–Crippen MR) is 63.6 cm³/mol. The summed E-state index contributed by atoms with van der Waals surface area (Å²) < 4.78 is 5.40. The molecule has 0 spiro atoms. The van der Waals surface area contributed by atoms with Crippen LogP contribution in [0.4, 0.5) is 6.01 Å². The maximum atomic E-state index is 11.2. The molecule has 0 aliphatic rings. The SMILES string of the molecule is CCCNCc1nnc(N(C)CC(=O)NC)o1. The minimum absolute atomic E-state index is 0.101. The quantitative estimate of drug-likeness (QED) is 0.641. The van der Waals surface area contributed by atoms with Crippen LogP contribution in [0.3, 0.4) is 0 Å². The zero-order valence-corrected chi connectivity index (χ0v) is 10.5. The standard InChI is InChI=1S/C10H19N5O2/c1-4-5-12-6-9-13-14-10(17-9)15(3)7-8(16)11-2/h12H,4-7H2,1-3H3,(H,11,16). The average molecular weight is 241 g/mol. The van der Waals surface area contributed by atoms with Crippen LogP contribution >= 0.6 is 0 Å². The van der Waals surface area contributed by atoms with Crippen molar-refractivity contribution >= 4 is 11.9 Å². The Morgan fingerprint density at radius 3 is 2.88 bits per heavy atom. The smallest absolute Gasteiger partial charge is 0.318 e. The summed E-state index contributed by atoms with van der Waals surface area (Å²) in [5.41, 5.74) is 0. The van der Waals surface area contributed by atoms with Crippen LogP contribution in [0, 0.1) is 0 Å². The second-order valence-corrected chi connectivity index (χ2v) is 3.68. The molecule has 0 fully saturated rings. The number of aromatic nitrogens is 2. The van der Waals surface area contributed by atoms with Crippen molar-refractivity contribution in [1.82, 2.24) is 20.8 Å². The van der Waals surface area contributed by atoms with E-state index in [-0.39, 0.29) is 12.5 Å². The molecule has 1 aromatic heterocycles. The first-order chi connectivity index (χ1) is 8.17. The van der Waals surface area contributed by atoms with Gasteiger partial charge < -0.3 is 20.0 Å². The van der Waals surface area contributed by atoms with E-state index in [1.165, 1.54) is 0 Å². The van der Waals surface area contributed by atoms with E-state index in [1.807, 2.05) is 0 Å². The third-order valence-corrected chi connectivity index (χ3v) is 2.15. The maximum absolute atomic E-state index is 11.2. The summed E-state index contributed by atoms with van der Waals surface area (Å²) in [4.78, 5) is 12.8. The Labute approximate surface area is 101 Å². The Balaban J connectivity index is 2.46. The zero-order chi connectivity index (χ0) is 12.7. The van der Waals surface area contributed by atoms with Gasteiger partial charge in [0, 0.05) is 14.1 Å². The van der Waals surface area contributed by atoms with Crippen LogP contribution in [0.15, 0.2) is 4.42 Å². The van der Waals surface area contributed by atoms with Crippen molar-refractivity contribution in [3.63, 3.8) is 0 Å². The highest BCUT2D eigenvalue weighted by Gasteiger charge is 2.12. The van der Waals surface area contributed by atoms with Crippen LogP contribution in [0.25, 0.3) is 0 Å². The first-order valence-electron chi connectivity index (χ1n) is 5.62. The van der Waals surface area contributed by atoms with Gasteiger partial charge in [0.1, 0.15) is 6.54 Å². The van der Waals surface area contributed by atoms with E-state index < -0.39 is 0 Å². The second-order valence-electron chi connectivity index (χ2n) is 3.68. The van der Waals surface area contributed by atoms with Gasteiger partial charge in [-0.3, -0.25) is 4.79 Å². The molecule has 0 saturated carbocycles. The van der Waals surface area contributed by atoms with Gasteiger partial charge in [-0.05, 0) is 13.0 Å². The molecule has 0 bridgehead atoms. The number of nitrogens with one attached hydrogen (secondary N) is 2. The lowest BCUT2D eigenvalue weighted by Crippen LogP contribution is -2.33. The highest BCUT2D eigenvalue weighted by atomic mass is 16.4. The molecule has 0 radical (unpaired) electrons. The molecular formula is C10H19N5O2. The van der Waals surface area contributed by atoms with Crippen LogP contribution in [0.2, 0.25) is 0 Å². The van der Waals surface area contributed by atoms with Crippen molar-refractivity contribution < 1.29 is 9.21 Å². The fraction of sp³-hybridized carbons (Fsp3) is 0.700. The molecule has 0 aliphatic carbocycles. The molecule has 1 amide bonds. The number of rotatable bonds is 7. The van der Waals surface area contributed by atoms with Crippen LogP contribution in [-0.2, 0) is 11.3 Å². The Morgan fingerprint density at radius 2 is 2.24 bits per heavy atom. The largest absolute Gasteiger partial charge is 0.407 e. The maximum Gasteiger partial charge on any atom is 0.318 e. The van der Waals surface area contributed by atoms with Gasteiger partial charge in [-0.2, -0.15) is 0 Å². The van der Waals surface area contributed by atoms with E-state index >= 15 is 0 Å². The zero-order valence-electron chi connectivity index (χ0n) is 10.5. The summed E-state index contributed by atoms with van der Waals surface area (Å²) >= 11 is 0. The van der Waals surface area contributed by atoms with Crippen LogP contribution in [0.1, 0.15) is 19.2 Å². The van der Waals surface area contributed by atoms with Gasteiger partial charge in [0.15, 0.2) is 0 Å². The summed E-state index contributed by atoms with van der Waals surface area (Å²) in [7, 11) is 3.32. The number of carbonyl (C=O) groups is 1. The van der Waals surface area contributed by atoms with Crippen molar-refractivity contribution in [2.75, 3.05) is 32.1 Å². The van der Waals surface area contributed by atoms with Crippen molar-refractivity contribution in [3.05, 3.63) is 5.89 Å². The molecule has 1 aromatic rings. The molecular weight excluding hydrogens is 222 g/mol. The van der Waals surface area contributed by atoms with Crippen molar-refractivity contribution in [3.8, 4) is 0 Å². The van der Waals surface area contributed by atoms with Gasteiger partial charge in [-0.25, -0.2) is 0 Å². The Hall–Kier alpha value is -1.63. The van der Waals surface area contributed by atoms with Crippen LogP contribution < -0.4 is 15.5 Å². The monoisotopic (exact) mass is 241 g/mol. The van der Waals surface area contributed by atoms with E-state index in [2.05, 4.69) is 27.8 Å². The highest BCUT2D eigenvalue weighted by Crippen LogP contribution is 2.09. The molecule has 1 heterocycles. The Kier molecular flexibility index (Phi) is 5.41. The van der Waals surface area contributed by atoms with Gasteiger partial charge in [-0.1, -0.05) is 12.0 Å². The lowest BCUT2D eigenvalue weighted by molar-refractivity contribution is -0.119. The second kappa shape index (κ2) is 6.85. The molecule has 2 N–H and O–H groups in total. The fourth-order valence-corrected chi connectivity index (χ4v) is 1.20. The van der Waals surface area contributed by atoms with Gasteiger partial charge >= 0.3 is 6.01 Å². The van der Waals surface area contributed by atoms with Gasteiger partial charge in [0.2, 0.25) is 11.8 Å². The lowest BCUT2D eigenvalue weighted by atomic mass is 10.5. The molecule has 17 heavy (non-hydrogen) atoms. The summed E-state index contributed by atoms with van der Waals surface area (Å²) in [5.74, 6) is 0.425. The molecule has 0 saturated heterocycles. The normalized spacial score (nSPS) is 10.3. The Bertz CT molecular complexity index is 352. The van der Waals surface area contributed by atoms with E-state index in [1.54, 1.807) is 19.0 Å². The number of nitrogens with zero attached hydrogens (tertiary/aromatic N) is 3. The van der Waals surface area contributed by atoms with Crippen molar-refractivity contribution in [1.29, 1.82) is 0 Å². The third-order valence-electron chi connectivity index (χ3n) is 2.15. The molecule has 0 aromatic carbocycles. The van der Waals surface area contributed by atoms with Gasteiger partial charge in [0.25, 0.3) is 0 Å². The van der Waals surface area contributed by atoms with E-state index in [9.17, 15) is 4.79 Å². The minimum atomic E-state index is -0.101. The number of hydrogen-bond acceptors (Lipinski definition) is 6. The van der Waals surface area contributed by atoms with Crippen LogP contribution in [0.5, 0.6) is 0 Å². The number of amides is 1.